The number of aliphatic hydroxyl groups is 2. The first-order valence-electron chi connectivity index (χ1n) is 9.39. The molecule has 1 saturated heterocycles. The van der Waals surface area contributed by atoms with Crippen LogP contribution < -0.4 is 11.1 Å². The molecule has 12 nitrogen and oxygen atoms in total. The predicted molar refractivity (Wildman–Crippen MR) is 112 cm³/mol. The molecule has 0 unspecified atom stereocenters. The van der Waals surface area contributed by atoms with Gasteiger partial charge in [0, 0.05) is 17.6 Å². The summed E-state index contributed by atoms with van der Waals surface area (Å²) in [7, 11) is 0. The molecule has 168 valence electrons. The number of aromatic nitrogens is 4. The molecule has 4 rings (SSSR count). The van der Waals surface area contributed by atoms with Crippen LogP contribution in [-0.4, -0.2) is 70.7 Å². The Labute approximate surface area is 185 Å². The number of nitrogens with zero attached hydrogens (tertiary/aromatic N) is 4. The molecular weight excluding hydrogens is 444 g/mol. The zero-order valence-electron chi connectivity index (χ0n) is 16.3. The number of carbonyl (C=O) groups excluding carboxylic acids is 1. The Bertz CT molecular complexity index is 1200. The number of halogens is 1. The Morgan fingerprint density at radius 1 is 1.25 bits per heavy atom. The first-order chi connectivity index (χ1) is 15.3. The Kier molecular flexibility index (Phi) is 5.84. The van der Waals surface area contributed by atoms with Crippen molar-refractivity contribution in [1.29, 1.82) is 0 Å². The van der Waals surface area contributed by atoms with Crippen LogP contribution in [-0.2, 0) is 4.74 Å². The minimum Gasteiger partial charge on any atom is -0.504 e. The Morgan fingerprint density at radius 2 is 2.03 bits per heavy atom. The second kappa shape index (κ2) is 8.59. The van der Waals surface area contributed by atoms with Crippen molar-refractivity contribution in [3.8, 4) is 11.5 Å². The van der Waals surface area contributed by atoms with E-state index in [0.29, 0.717) is 11.2 Å². The van der Waals surface area contributed by atoms with Crippen LogP contribution in [0, 0.1) is 0 Å². The number of aromatic hydroxyl groups is 2. The molecule has 1 aliphatic rings. The molecule has 1 aromatic carbocycles. The van der Waals surface area contributed by atoms with Gasteiger partial charge in [-0.1, -0.05) is 23.8 Å². The molecule has 0 spiro atoms. The monoisotopic (exact) mass is 462 g/mol. The molecule has 0 radical (unpaired) electrons. The van der Waals surface area contributed by atoms with E-state index >= 15 is 0 Å². The molecule has 32 heavy (non-hydrogen) atoms. The van der Waals surface area contributed by atoms with Gasteiger partial charge in [0.1, 0.15) is 30.2 Å². The van der Waals surface area contributed by atoms with E-state index in [4.69, 9.17) is 22.1 Å². The van der Waals surface area contributed by atoms with Crippen LogP contribution >= 0.6 is 11.6 Å². The van der Waals surface area contributed by atoms with Crippen LogP contribution in [0.3, 0.4) is 0 Å². The van der Waals surface area contributed by atoms with Crippen LogP contribution in [0.1, 0.15) is 16.6 Å². The fourth-order valence-electron chi connectivity index (χ4n) is 3.34. The number of benzene rings is 1. The van der Waals surface area contributed by atoms with E-state index in [0.717, 1.165) is 6.07 Å². The van der Waals surface area contributed by atoms with Crippen molar-refractivity contribution < 1.29 is 30.0 Å². The summed E-state index contributed by atoms with van der Waals surface area (Å²) in [6.45, 7) is 0.0106. The number of ether oxygens (including phenoxy) is 1. The molecule has 2 aromatic heterocycles. The summed E-state index contributed by atoms with van der Waals surface area (Å²) in [6.07, 6.45) is 1.24. The molecule has 1 amide bonds. The van der Waals surface area contributed by atoms with Gasteiger partial charge in [-0.3, -0.25) is 9.36 Å². The lowest BCUT2D eigenvalue weighted by atomic mass is 10.1. The Morgan fingerprint density at radius 3 is 2.81 bits per heavy atom. The standard InChI is InChI=1S/C19H19ClN6O6/c20-8-4-9(13(28)10(27)5-8)18(31)22-3-1-2-11-14(29)15(30)19(32-11)26-7-25-12-16(21)23-6-24-17(12)26/h1-2,4-7,11,14-15,19,27-30H,3H2,(H,22,31)(H2,21,23,24)/b2-1+/t11-,14-,15-,19-/m1/s1. The number of phenols is 2. The number of fused-ring (bicyclic) bond motifs is 1. The number of hydrogen-bond acceptors (Lipinski definition) is 10. The summed E-state index contributed by atoms with van der Waals surface area (Å²) in [5.41, 5.74) is 6.26. The topological polar surface area (TPSA) is 189 Å². The number of rotatable bonds is 5. The fraction of sp³-hybridized carbons (Fsp3) is 0.263. The maximum atomic E-state index is 12.2. The van der Waals surface area contributed by atoms with Crippen LogP contribution in [0.2, 0.25) is 5.02 Å². The third-order valence-corrected chi connectivity index (χ3v) is 5.16. The highest BCUT2D eigenvalue weighted by atomic mass is 35.5. The molecule has 1 fully saturated rings. The summed E-state index contributed by atoms with van der Waals surface area (Å²) in [5.74, 6) is -1.60. The largest absolute Gasteiger partial charge is 0.504 e. The van der Waals surface area contributed by atoms with Crippen molar-refractivity contribution in [3.05, 3.63) is 47.5 Å². The molecular formula is C19H19ClN6O6. The summed E-state index contributed by atoms with van der Waals surface area (Å²) < 4.78 is 7.20. The Balaban J connectivity index is 1.42. The van der Waals surface area contributed by atoms with Crippen molar-refractivity contribution in [2.24, 2.45) is 0 Å². The zero-order chi connectivity index (χ0) is 23.0. The van der Waals surface area contributed by atoms with Crippen molar-refractivity contribution in [1.82, 2.24) is 24.8 Å². The minimum absolute atomic E-state index is 0.0106. The molecule has 1 aliphatic heterocycles. The first kappa shape index (κ1) is 21.8. The number of nitrogen functional groups attached to an aromatic ring is 1. The third-order valence-electron chi connectivity index (χ3n) is 4.94. The molecule has 3 heterocycles. The van der Waals surface area contributed by atoms with Crippen LogP contribution in [0.25, 0.3) is 11.2 Å². The van der Waals surface area contributed by atoms with Crippen LogP contribution in [0.15, 0.2) is 36.9 Å². The number of nitrogens with two attached hydrogens (primary N) is 1. The van der Waals surface area contributed by atoms with E-state index < -0.39 is 41.9 Å². The highest BCUT2D eigenvalue weighted by Crippen LogP contribution is 2.33. The molecule has 4 atom stereocenters. The molecule has 13 heteroatoms. The summed E-state index contributed by atoms with van der Waals surface area (Å²) >= 11 is 5.79. The Hall–Kier alpha value is -3.45. The van der Waals surface area contributed by atoms with Crippen molar-refractivity contribution in [2.45, 2.75) is 24.5 Å². The highest BCUT2D eigenvalue weighted by Gasteiger charge is 2.43. The average Bonchev–Trinajstić information content (AvgIpc) is 3.30. The number of amides is 1. The lowest BCUT2D eigenvalue weighted by molar-refractivity contribution is -0.0245. The maximum Gasteiger partial charge on any atom is 0.255 e. The normalized spacial score (nSPS) is 23.2. The summed E-state index contributed by atoms with van der Waals surface area (Å²) in [5, 5.41) is 42.8. The molecule has 0 aliphatic carbocycles. The van der Waals surface area contributed by atoms with Crippen molar-refractivity contribution in [2.75, 3.05) is 12.3 Å². The van der Waals surface area contributed by atoms with E-state index in [9.17, 15) is 25.2 Å². The van der Waals surface area contributed by atoms with Gasteiger partial charge in [0.2, 0.25) is 0 Å². The van der Waals surface area contributed by atoms with E-state index in [1.807, 2.05) is 0 Å². The van der Waals surface area contributed by atoms with Crippen molar-refractivity contribution >= 4 is 34.5 Å². The lowest BCUT2D eigenvalue weighted by Gasteiger charge is -2.16. The second-order valence-corrected chi connectivity index (χ2v) is 7.45. The van der Waals surface area contributed by atoms with Gasteiger partial charge in [0.05, 0.1) is 11.9 Å². The second-order valence-electron chi connectivity index (χ2n) is 7.01. The number of imidazole rings is 1. The smallest absolute Gasteiger partial charge is 0.255 e. The van der Waals surface area contributed by atoms with Gasteiger partial charge in [-0.25, -0.2) is 15.0 Å². The fourth-order valence-corrected chi connectivity index (χ4v) is 3.55. The number of anilines is 1. The lowest BCUT2D eigenvalue weighted by Crippen LogP contribution is -2.31. The van der Waals surface area contributed by atoms with Gasteiger partial charge in [-0.15, -0.1) is 0 Å². The third kappa shape index (κ3) is 3.91. The summed E-state index contributed by atoms with van der Waals surface area (Å²) in [6, 6.07) is 2.32. The van der Waals surface area contributed by atoms with E-state index in [2.05, 4.69) is 20.3 Å². The number of aliphatic hydroxyl groups excluding tert-OH is 2. The molecule has 3 aromatic rings. The minimum atomic E-state index is -1.28. The number of hydrogen-bond donors (Lipinski definition) is 6. The number of nitrogens with one attached hydrogen (secondary N) is 1. The van der Waals surface area contributed by atoms with Gasteiger partial charge in [0.15, 0.2) is 29.2 Å². The van der Waals surface area contributed by atoms with Gasteiger partial charge in [-0.2, -0.15) is 0 Å². The van der Waals surface area contributed by atoms with Gasteiger partial charge in [-0.05, 0) is 6.07 Å². The van der Waals surface area contributed by atoms with Crippen LogP contribution in [0.5, 0.6) is 11.5 Å². The highest BCUT2D eigenvalue weighted by molar-refractivity contribution is 6.31. The molecule has 0 bridgehead atoms. The van der Waals surface area contributed by atoms with E-state index in [-0.39, 0.29) is 22.9 Å². The van der Waals surface area contributed by atoms with Crippen LogP contribution in [0.4, 0.5) is 5.82 Å². The number of carbonyl (C=O) groups is 1. The summed E-state index contributed by atoms with van der Waals surface area (Å²) in [4.78, 5) is 24.3. The quantitative estimate of drug-likeness (QED) is 0.223. The molecule has 7 N–H and O–H groups in total. The molecule has 0 saturated carbocycles. The van der Waals surface area contributed by atoms with Gasteiger partial charge >= 0.3 is 0 Å². The van der Waals surface area contributed by atoms with Gasteiger partial charge in [0.25, 0.3) is 5.91 Å². The average molecular weight is 463 g/mol. The maximum absolute atomic E-state index is 12.2. The van der Waals surface area contributed by atoms with Gasteiger partial charge < -0.3 is 36.2 Å². The predicted octanol–water partition coefficient (Wildman–Crippen LogP) is 0.0785. The SMILES string of the molecule is Nc1ncnc2c1ncn2[C@@H]1O[C@H](/C=C/CNC(=O)c2cc(Cl)cc(O)c2O)[C@@H](O)[C@H]1O. The first-order valence-corrected chi connectivity index (χ1v) is 9.76. The zero-order valence-corrected chi connectivity index (χ0v) is 17.1. The van der Waals surface area contributed by atoms with E-state index in [1.54, 1.807) is 0 Å². The van der Waals surface area contributed by atoms with Crippen molar-refractivity contribution in [3.63, 3.8) is 0 Å². The number of phenolic OH excluding ortho intramolecular Hbond substituents is 2. The van der Waals surface area contributed by atoms with E-state index in [1.165, 1.54) is 35.4 Å².